The number of ether oxygens (including phenoxy) is 3. The van der Waals surface area contributed by atoms with Crippen molar-refractivity contribution in [2.45, 2.75) is 322 Å². The maximum Gasteiger partial charge on any atom is 0.306 e. The van der Waals surface area contributed by atoms with Gasteiger partial charge in [-0.3, -0.25) is 14.4 Å². The maximum absolute atomic E-state index is 12.9. The number of carbonyl (C=O) groups excluding carboxylic acids is 3. The third kappa shape index (κ3) is 68.2. The molecular weight excluding hydrogens is 1020 g/mol. The van der Waals surface area contributed by atoms with Crippen molar-refractivity contribution in [3.63, 3.8) is 0 Å². The van der Waals surface area contributed by atoms with Crippen LogP contribution in [0.3, 0.4) is 0 Å². The molecule has 0 aromatic heterocycles. The summed E-state index contributed by atoms with van der Waals surface area (Å²) in [7, 11) is 0. The molecule has 6 heteroatoms. The summed E-state index contributed by atoms with van der Waals surface area (Å²) in [6, 6.07) is 0. The van der Waals surface area contributed by atoms with Crippen LogP contribution >= 0.6 is 0 Å². The summed E-state index contributed by atoms with van der Waals surface area (Å²) >= 11 is 0. The molecule has 83 heavy (non-hydrogen) atoms. The average molecular weight is 1150 g/mol. The highest BCUT2D eigenvalue weighted by Gasteiger charge is 2.19. The van der Waals surface area contributed by atoms with Gasteiger partial charge in [0.1, 0.15) is 13.2 Å². The average Bonchev–Trinajstić information content (AvgIpc) is 3.49. The van der Waals surface area contributed by atoms with Crippen LogP contribution in [0.4, 0.5) is 0 Å². The van der Waals surface area contributed by atoms with Crippen molar-refractivity contribution in [2.75, 3.05) is 13.2 Å². The fourth-order valence-electron chi connectivity index (χ4n) is 9.43. The van der Waals surface area contributed by atoms with Crippen molar-refractivity contribution >= 4 is 17.9 Å². The Hall–Kier alpha value is -4.45. The first-order valence-corrected chi connectivity index (χ1v) is 34.7. The van der Waals surface area contributed by atoms with E-state index in [4.69, 9.17) is 14.2 Å². The Kier molecular flexibility index (Phi) is 66.3. The number of allylic oxidation sites excluding steroid dienone is 22. The fraction of sp³-hybridized carbons (Fsp3) is 0.675. The van der Waals surface area contributed by atoms with E-state index in [1.54, 1.807) is 0 Å². The zero-order valence-electron chi connectivity index (χ0n) is 54.2. The Morgan fingerprint density at radius 3 is 0.771 bits per heavy atom. The van der Waals surface area contributed by atoms with Gasteiger partial charge in [-0.2, -0.15) is 0 Å². The van der Waals surface area contributed by atoms with Gasteiger partial charge in [-0.05, 0) is 141 Å². The van der Waals surface area contributed by atoms with Crippen LogP contribution in [0.25, 0.3) is 0 Å². The molecule has 1 atom stereocenters. The van der Waals surface area contributed by atoms with Crippen LogP contribution in [0.1, 0.15) is 316 Å². The lowest BCUT2D eigenvalue weighted by Gasteiger charge is -2.18. The fourth-order valence-corrected chi connectivity index (χ4v) is 9.43. The van der Waals surface area contributed by atoms with E-state index in [1.807, 2.05) is 0 Å². The lowest BCUT2D eigenvalue weighted by molar-refractivity contribution is -0.167. The van der Waals surface area contributed by atoms with Gasteiger partial charge in [0.15, 0.2) is 6.10 Å². The number of rotatable bonds is 62. The molecule has 0 aliphatic heterocycles. The van der Waals surface area contributed by atoms with Crippen molar-refractivity contribution in [3.05, 3.63) is 134 Å². The molecule has 6 nitrogen and oxygen atoms in total. The SMILES string of the molecule is CC/C=C\C/C=C\C/C=C\C/C=C\C/C=C\C/C=C\C/C=C\C/C=C\C/C=C\CCCCCC(=O)OCC(COC(=O)CCCCCCC/C=C\CCCCCC)OC(=O)CCCCCCCCCCC/C=C\CCCCCCCCCC. The summed E-state index contributed by atoms with van der Waals surface area (Å²) in [4.78, 5) is 38.4. The monoisotopic (exact) mass is 1150 g/mol. The van der Waals surface area contributed by atoms with Gasteiger partial charge >= 0.3 is 17.9 Å². The second-order valence-corrected chi connectivity index (χ2v) is 22.7. The van der Waals surface area contributed by atoms with Gasteiger partial charge in [0.05, 0.1) is 0 Å². The smallest absolute Gasteiger partial charge is 0.306 e. The van der Waals surface area contributed by atoms with E-state index < -0.39 is 6.10 Å². The lowest BCUT2D eigenvalue weighted by atomic mass is 10.1. The number of hydrogen-bond donors (Lipinski definition) is 0. The second kappa shape index (κ2) is 70.0. The van der Waals surface area contributed by atoms with Crippen LogP contribution in [-0.4, -0.2) is 37.2 Å². The molecule has 0 aromatic rings. The van der Waals surface area contributed by atoms with Crippen LogP contribution in [0.15, 0.2) is 134 Å². The van der Waals surface area contributed by atoms with E-state index in [-0.39, 0.29) is 31.1 Å². The van der Waals surface area contributed by atoms with Gasteiger partial charge in [-0.25, -0.2) is 0 Å². The first-order chi connectivity index (χ1) is 41.0. The molecular formula is C77H128O6. The highest BCUT2D eigenvalue weighted by Crippen LogP contribution is 2.16. The number of esters is 3. The molecule has 0 bridgehead atoms. The van der Waals surface area contributed by atoms with Crippen molar-refractivity contribution in [2.24, 2.45) is 0 Å². The van der Waals surface area contributed by atoms with Gasteiger partial charge < -0.3 is 14.2 Å². The summed E-state index contributed by atoms with van der Waals surface area (Å²) in [6.45, 7) is 6.49. The number of unbranched alkanes of at least 4 members (excludes halogenated alkanes) is 29. The van der Waals surface area contributed by atoms with Crippen molar-refractivity contribution < 1.29 is 28.6 Å². The summed E-state index contributed by atoms with van der Waals surface area (Å²) in [5, 5.41) is 0. The molecule has 0 N–H and O–H groups in total. The Morgan fingerprint density at radius 2 is 0.470 bits per heavy atom. The van der Waals surface area contributed by atoms with E-state index in [1.165, 1.54) is 141 Å². The molecule has 0 saturated carbocycles. The summed E-state index contributed by atoms with van der Waals surface area (Å²) in [5.41, 5.74) is 0. The quantitative estimate of drug-likeness (QED) is 0.0261. The Balaban J connectivity index is 4.39. The van der Waals surface area contributed by atoms with Crippen molar-refractivity contribution in [1.29, 1.82) is 0 Å². The van der Waals surface area contributed by atoms with Crippen LogP contribution in [0.2, 0.25) is 0 Å². The Morgan fingerprint density at radius 1 is 0.253 bits per heavy atom. The third-order valence-electron chi connectivity index (χ3n) is 14.6. The van der Waals surface area contributed by atoms with Crippen LogP contribution in [-0.2, 0) is 28.6 Å². The summed E-state index contributed by atoms with van der Waals surface area (Å²) < 4.78 is 16.9. The number of carbonyl (C=O) groups is 3. The molecule has 0 rings (SSSR count). The molecule has 0 aliphatic carbocycles. The van der Waals surface area contributed by atoms with E-state index in [9.17, 15) is 14.4 Å². The molecule has 0 amide bonds. The minimum absolute atomic E-state index is 0.0957. The zero-order chi connectivity index (χ0) is 59.9. The van der Waals surface area contributed by atoms with Gasteiger partial charge in [-0.1, -0.05) is 289 Å². The predicted octanol–water partition coefficient (Wildman–Crippen LogP) is 24.1. The van der Waals surface area contributed by atoms with E-state index >= 15 is 0 Å². The minimum atomic E-state index is -0.802. The van der Waals surface area contributed by atoms with Crippen molar-refractivity contribution in [3.8, 4) is 0 Å². The predicted molar refractivity (Wildman–Crippen MR) is 362 cm³/mol. The van der Waals surface area contributed by atoms with Gasteiger partial charge in [0.25, 0.3) is 0 Å². The van der Waals surface area contributed by atoms with Crippen LogP contribution < -0.4 is 0 Å². The maximum atomic E-state index is 12.9. The largest absolute Gasteiger partial charge is 0.462 e. The van der Waals surface area contributed by atoms with Crippen LogP contribution in [0, 0.1) is 0 Å². The molecule has 472 valence electrons. The molecule has 0 heterocycles. The normalized spacial score (nSPS) is 13.0. The van der Waals surface area contributed by atoms with E-state index in [0.29, 0.717) is 19.3 Å². The third-order valence-corrected chi connectivity index (χ3v) is 14.6. The zero-order valence-corrected chi connectivity index (χ0v) is 54.2. The first-order valence-electron chi connectivity index (χ1n) is 34.7. The van der Waals surface area contributed by atoms with Crippen molar-refractivity contribution in [1.82, 2.24) is 0 Å². The molecule has 0 spiro atoms. The standard InChI is InChI=1S/C77H128O6/c1-4-7-10-13-16-19-22-25-27-29-31-33-34-35-36-37-38-39-40-41-42-44-45-47-49-52-55-58-61-64-67-70-76(79)82-73-74(72-81-75(78)69-66-63-60-57-54-51-24-21-18-15-12-9-6-3)83-77(80)71-68-65-62-59-56-53-50-48-46-43-32-30-28-26-23-20-17-14-11-8-5-2/h7,10,16,19,21,24-25,27,30-33,35-36,38-39,41-42,45,47,52,55,74H,4-6,8-9,11-15,17-18,20,22-23,26,28-29,34,37,40,43-44,46,48-51,53-54,56-73H2,1-3H3/b10-7-,19-16-,24-21-,27-25-,32-30-,33-31-,36-35-,39-38-,42-41-,47-45-,55-52-. The molecule has 1 unspecified atom stereocenters. The highest BCUT2D eigenvalue weighted by molar-refractivity contribution is 5.71. The van der Waals surface area contributed by atoms with Gasteiger partial charge in [0, 0.05) is 19.3 Å². The molecule has 0 saturated heterocycles. The molecule has 0 aliphatic rings. The van der Waals surface area contributed by atoms with Gasteiger partial charge in [-0.15, -0.1) is 0 Å². The first kappa shape index (κ1) is 78.5. The van der Waals surface area contributed by atoms with E-state index in [0.717, 1.165) is 135 Å². The number of hydrogen-bond acceptors (Lipinski definition) is 6. The van der Waals surface area contributed by atoms with E-state index in [2.05, 4.69) is 154 Å². The summed E-state index contributed by atoms with van der Waals surface area (Å²) in [6.07, 6.45) is 99.0. The van der Waals surface area contributed by atoms with Gasteiger partial charge in [0.2, 0.25) is 0 Å². The molecule has 0 radical (unpaired) electrons. The molecule has 0 fully saturated rings. The lowest BCUT2D eigenvalue weighted by Crippen LogP contribution is -2.30. The molecule has 0 aromatic carbocycles. The highest BCUT2D eigenvalue weighted by atomic mass is 16.6. The summed E-state index contributed by atoms with van der Waals surface area (Å²) in [5.74, 6) is -0.934. The Bertz CT molecular complexity index is 1750. The minimum Gasteiger partial charge on any atom is -0.462 e. The second-order valence-electron chi connectivity index (χ2n) is 22.7. The Labute approximate surface area is 513 Å². The topological polar surface area (TPSA) is 78.9 Å². The van der Waals surface area contributed by atoms with Crippen LogP contribution in [0.5, 0.6) is 0 Å².